The molecule has 2 heterocycles. The summed E-state index contributed by atoms with van der Waals surface area (Å²) in [7, 11) is -2.84. The highest BCUT2D eigenvalue weighted by molar-refractivity contribution is 7.98. The minimum absolute atomic E-state index is 0.00948. The number of sulfonamides is 1. The Morgan fingerprint density at radius 1 is 1.43 bits per heavy atom. The fraction of sp³-hybridized carbons (Fsp3) is 0.267. The number of hydrogen-bond acceptors (Lipinski definition) is 8. The first-order valence-electron chi connectivity index (χ1n) is 7.85. The van der Waals surface area contributed by atoms with E-state index in [9.17, 15) is 17.6 Å². The molecule has 3 rings (SSSR count). The Morgan fingerprint density at radius 3 is 2.93 bits per heavy atom. The molecular formula is C15H15ClFN5O4S2. The molecule has 1 aliphatic rings. The van der Waals surface area contributed by atoms with Gasteiger partial charge in [0.1, 0.15) is 16.7 Å². The average molecular weight is 448 g/mol. The molecule has 0 atom stereocenters. The first-order chi connectivity index (χ1) is 13.3. The van der Waals surface area contributed by atoms with E-state index in [1.807, 2.05) is 4.72 Å². The van der Waals surface area contributed by atoms with Gasteiger partial charge >= 0.3 is 6.03 Å². The molecule has 1 aliphatic heterocycles. The molecule has 0 saturated heterocycles. The fourth-order valence-corrected chi connectivity index (χ4v) is 5.12. The average Bonchev–Trinajstić information content (AvgIpc) is 3.03. The van der Waals surface area contributed by atoms with Crippen LogP contribution in [0.5, 0.6) is 5.88 Å². The van der Waals surface area contributed by atoms with E-state index in [1.54, 1.807) is 16.4 Å². The van der Waals surface area contributed by atoms with E-state index in [0.717, 1.165) is 17.5 Å². The van der Waals surface area contributed by atoms with Crippen molar-refractivity contribution in [3.05, 3.63) is 35.0 Å². The molecule has 1 aromatic carbocycles. The first-order valence-corrected chi connectivity index (χ1v) is 10.5. The molecule has 0 bridgehead atoms. The van der Waals surface area contributed by atoms with Crippen LogP contribution in [0.3, 0.4) is 0 Å². The Kier molecular flexibility index (Phi) is 6.23. The second-order valence-electron chi connectivity index (χ2n) is 5.50. The summed E-state index contributed by atoms with van der Waals surface area (Å²) in [5, 5.41) is 2.21. The number of fused-ring (bicyclic) bond motifs is 1. The van der Waals surface area contributed by atoms with Crippen LogP contribution < -0.4 is 14.8 Å². The molecule has 2 N–H and O–H groups in total. The summed E-state index contributed by atoms with van der Waals surface area (Å²) in [6.45, 7) is 0.0309. The number of ether oxygens (including phenoxy) is 1. The lowest BCUT2D eigenvalue weighted by Gasteiger charge is -2.12. The van der Waals surface area contributed by atoms with Crippen molar-refractivity contribution < 1.29 is 22.3 Å². The number of anilines is 1. The SMILES string of the molecule is COc1cc(Cl)nc(NC(=O)NS(=O)(=O)c2cccc3c2SN(CCF)C3)n1. The van der Waals surface area contributed by atoms with Gasteiger partial charge in [-0.25, -0.2) is 31.6 Å². The van der Waals surface area contributed by atoms with Crippen LogP contribution in [0.25, 0.3) is 0 Å². The van der Waals surface area contributed by atoms with Crippen molar-refractivity contribution in [3.63, 3.8) is 0 Å². The van der Waals surface area contributed by atoms with Crippen LogP contribution in [0, 0.1) is 0 Å². The summed E-state index contributed by atoms with van der Waals surface area (Å²) >= 11 is 6.93. The lowest BCUT2D eigenvalue weighted by molar-refractivity contribution is 0.256. The Balaban J connectivity index is 1.77. The summed E-state index contributed by atoms with van der Waals surface area (Å²) in [4.78, 5) is 20.2. The molecule has 0 fully saturated rings. The lowest BCUT2D eigenvalue weighted by Crippen LogP contribution is -2.35. The van der Waals surface area contributed by atoms with Gasteiger partial charge in [0.25, 0.3) is 10.0 Å². The third-order valence-electron chi connectivity index (χ3n) is 3.58. The van der Waals surface area contributed by atoms with E-state index in [-0.39, 0.29) is 28.4 Å². The highest BCUT2D eigenvalue weighted by Gasteiger charge is 2.29. The summed E-state index contributed by atoms with van der Waals surface area (Å²) in [5.41, 5.74) is 0.740. The summed E-state index contributed by atoms with van der Waals surface area (Å²) in [5.74, 6) is -0.123. The number of rotatable bonds is 6. The van der Waals surface area contributed by atoms with Crippen LogP contribution in [-0.2, 0) is 16.6 Å². The van der Waals surface area contributed by atoms with Crippen molar-refractivity contribution in [1.82, 2.24) is 19.0 Å². The molecule has 2 aromatic rings. The molecule has 0 aliphatic carbocycles. The number of nitrogens with zero attached hydrogens (tertiary/aromatic N) is 3. The zero-order valence-corrected chi connectivity index (χ0v) is 16.9. The highest BCUT2D eigenvalue weighted by atomic mass is 35.5. The Labute approximate surface area is 169 Å². The number of aromatic nitrogens is 2. The molecule has 9 nitrogen and oxygen atoms in total. The molecule has 13 heteroatoms. The van der Waals surface area contributed by atoms with E-state index in [2.05, 4.69) is 15.3 Å². The van der Waals surface area contributed by atoms with E-state index in [1.165, 1.54) is 19.2 Å². The molecule has 150 valence electrons. The topological polar surface area (TPSA) is 114 Å². The molecule has 0 saturated carbocycles. The van der Waals surface area contributed by atoms with Crippen molar-refractivity contribution in [1.29, 1.82) is 0 Å². The van der Waals surface area contributed by atoms with Crippen molar-refractivity contribution in [2.45, 2.75) is 16.3 Å². The van der Waals surface area contributed by atoms with Crippen LogP contribution in [0.4, 0.5) is 15.1 Å². The molecular weight excluding hydrogens is 433 g/mol. The highest BCUT2D eigenvalue weighted by Crippen LogP contribution is 2.39. The van der Waals surface area contributed by atoms with Gasteiger partial charge < -0.3 is 4.74 Å². The maximum atomic E-state index is 12.7. The molecule has 2 amide bonds. The fourth-order valence-electron chi connectivity index (χ4n) is 2.43. The summed E-state index contributed by atoms with van der Waals surface area (Å²) in [6, 6.07) is 4.96. The van der Waals surface area contributed by atoms with Gasteiger partial charge in [0.15, 0.2) is 0 Å². The minimum Gasteiger partial charge on any atom is -0.481 e. The number of carbonyl (C=O) groups is 1. The largest absolute Gasteiger partial charge is 0.481 e. The van der Waals surface area contributed by atoms with Crippen LogP contribution in [-0.4, -0.2) is 49.1 Å². The van der Waals surface area contributed by atoms with E-state index < -0.39 is 22.7 Å². The van der Waals surface area contributed by atoms with Gasteiger partial charge in [0, 0.05) is 24.1 Å². The summed E-state index contributed by atoms with van der Waals surface area (Å²) in [6.07, 6.45) is 0. The Bertz CT molecular complexity index is 1010. The number of alkyl halides is 1. The number of carbonyl (C=O) groups excluding carboxylic acids is 1. The van der Waals surface area contributed by atoms with Gasteiger partial charge in [-0.15, -0.1) is 0 Å². The Morgan fingerprint density at radius 2 is 2.21 bits per heavy atom. The number of urea groups is 1. The molecule has 28 heavy (non-hydrogen) atoms. The summed E-state index contributed by atoms with van der Waals surface area (Å²) < 4.78 is 46.5. The van der Waals surface area contributed by atoms with Crippen LogP contribution >= 0.6 is 23.5 Å². The van der Waals surface area contributed by atoms with Gasteiger partial charge in [-0.2, -0.15) is 4.98 Å². The predicted molar refractivity (Wildman–Crippen MR) is 102 cm³/mol. The number of nitrogens with one attached hydrogen (secondary N) is 2. The molecule has 0 unspecified atom stereocenters. The standard InChI is InChI=1S/C15H15ClFN5O4S2/c1-26-12-7-11(16)18-14(19-12)20-15(23)21-28(24,25)10-4-2-3-9-8-22(6-5-17)27-13(9)10/h2-4,7H,5-6,8H2,1H3,(H2,18,19,20,21,23). The van der Waals surface area contributed by atoms with Crippen molar-refractivity contribution >= 4 is 45.6 Å². The zero-order valence-electron chi connectivity index (χ0n) is 14.5. The van der Waals surface area contributed by atoms with Crippen molar-refractivity contribution in [2.24, 2.45) is 0 Å². The van der Waals surface area contributed by atoms with E-state index in [4.69, 9.17) is 16.3 Å². The molecule has 0 spiro atoms. The zero-order chi connectivity index (χ0) is 20.3. The van der Waals surface area contributed by atoms with Gasteiger partial charge in [-0.3, -0.25) is 5.32 Å². The maximum Gasteiger partial charge on any atom is 0.335 e. The smallest absolute Gasteiger partial charge is 0.335 e. The minimum atomic E-state index is -4.19. The third-order valence-corrected chi connectivity index (χ3v) is 6.51. The monoisotopic (exact) mass is 447 g/mol. The maximum absolute atomic E-state index is 12.7. The van der Waals surface area contributed by atoms with Gasteiger partial charge in [-0.1, -0.05) is 23.7 Å². The predicted octanol–water partition coefficient (Wildman–Crippen LogP) is 2.44. The van der Waals surface area contributed by atoms with Gasteiger partial charge in [-0.05, 0) is 23.6 Å². The second-order valence-corrected chi connectivity index (χ2v) is 8.65. The molecule has 0 radical (unpaired) electrons. The van der Waals surface area contributed by atoms with Crippen LogP contribution in [0.15, 0.2) is 34.1 Å². The van der Waals surface area contributed by atoms with Crippen LogP contribution in [0.1, 0.15) is 5.56 Å². The third kappa shape index (κ3) is 4.63. The van der Waals surface area contributed by atoms with Gasteiger partial charge in [0.2, 0.25) is 11.8 Å². The lowest BCUT2D eigenvalue weighted by atomic mass is 10.2. The number of halogens is 2. The second kappa shape index (κ2) is 8.47. The van der Waals surface area contributed by atoms with E-state index >= 15 is 0 Å². The Hall–Kier alpha value is -2.15. The number of methoxy groups -OCH3 is 1. The quantitative estimate of drug-likeness (QED) is 0.512. The number of hydrogen-bond donors (Lipinski definition) is 2. The van der Waals surface area contributed by atoms with Gasteiger partial charge in [0.05, 0.1) is 7.11 Å². The number of benzene rings is 1. The molecule has 1 aromatic heterocycles. The van der Waals surface area contributed by atoms with Crippen molar-refractivity contribution in [2.75, 3.05) is 25.6 Å². The number of amides is 2. The van der Waals surface area contributed by atoms with Crippen molar-refractivity contribution in [3.8, 4) is 5.88 Å². The first kappa shape index (κ1) is 20.6. The normalized spacial score (nSPS) is 13.8. The van der Waals surface area contributed by atoms with Crippen LogP contribution in [0.2, 0.25) is 5.15 Å². The van der Waals surface area contributed by atoms with E-state index in [0.29, 0.717) is 11.4 Å².